The normalized spacial score (nSPS) is 11.4. The van der Waals surface area contributed by atoms with Crippen LogP contribution >= 0.6 is 7.82 Å². The predicted molar refractivity (Wildman–Crippen MR) is 113 cm³/mol. The summed E-state index contributed by atoms with van der Waals surface area (Å²) in [5.41, 5.74) is 4.05. The average Bonchev–Trinajstić information content (AvgIpc) is 2.66. The molecule has 0 aliphatic heterocycles. The number of phosphoric acid groups is 1. The van der Waals surface area contributed by atoms with Crippen molar-refractivity contribution in [3.05, 3.63) is 101 Å². The number of rotatable bonds is 4. The first-order valence-corrected chi connectivity index (χ1v) is 9.96. The smallest absolute Gasteiger partial charge is 0.466 e. The molecule has 5 nitrogen and oxygen atoms in total. The zero-order chi connectivity index (χ0) is 20.4. The van der Waals surface area contributed by atoms with E-state index in [0.717, 1.165) is 22.3 Å². The number of hydrogen-bond acceptors (Lipinski definition) is 2. The topological polar surface area (TPSA) is 98.0 Å². The van der Waals surface area contributed by atoms with E-state index >= 15 is 0 Å². The highest BCUT2D eigenvalue weighted by Crippen LogP contribution is 2.26. The summed E-state index contributed by atoms with van der Waals surface area (Å²) in [6.07, 6.45) is 8.04. The lowest BCUT2D eigenvalue weighted by Crippen LogP contribution is -1.82. The number of phenols is 1. The van der Waals surface area contributed by atoms with Crippen LogP contribution in [0, 0.1) is 0 Å². The maximum absolute atomic E-state index is 10.2. The third-order valence-corrected chi connectivity index (χ3v) is 3.61. The Balaban J connectivity index is 0.000000500. The third-order valence-electron chi connectivity index (χ3n) is 3.61. The molecule has 0 heterocycles. The average molecular weight is 396 g/mol. The van der Waals surface area contributed by atoms with Gasteiger partial charge in [-0.25, -0.2) is 4.57 Å². The van der Waals surface area contributed by atoms with E-state index in [9.17, 15) is 5.11 Å². The fourth-order valence-corrected chi connectivity index (χ4v) is 2.39. The van der Waals surface area contributed by atoms with Crippen molar-refractivity contribution in [3.63, 3.8) is 0 Å². The van der Waals surface area contributed by atoms with Crippen molar-refractivity contribution in [3.8, 4) is 5.75 Å². The van der Waals surface area contributed by atoms with Crippen molar-refractivity contribution >= 4 is 32.1 Å². The van der Waals surface area contributed by atoms with Crippen LogP contribution in [0.4, 0.5) is 0 Å². The maximum atomic E-state index is 10.2. The van der Waals surface area contributed by atoms with Gasteiger partial charge in [0.2, 0.25) is 0 Å². The third kappa shape index (κ3) is 8.16. The van der Waals surface area contributed by atoms with Gasteiger partial charge in [0, 0.05) is 5.56 Å². The van der Waals surface area contributed by atoms with Crippen LogP contribution in [0.3, 0.4) is 0 Å². The van der Waals surface area contributed by atoms with E-state index in [1.807, 2.05) is 78.9 Å². The second-order valence-electron chi connectivity index (χ2n) is 5.78. The molecule has 28 heavy (non-hydrogen) atoms. The minimum absolute atomic E-state index is 0.285. The van der Waals surface area contributed by atoms with Crippen LogP contribution < -0.4 is 0 Å². The van der Waals surface area contributed by atoms with Crippen molar-refractivity contribution in [2.45, 2.75) is 0 Å². The Bertz CT molecular complexity index is 968. The summed E-state index contributed by atoms with van der Waals surface area (Å²) >= 11 is 0. The van der Waals surface area contributed by atoms with E-state index in [2.05, 4.69) is 18.2 Å². The SMILES string of the molecule is O=P(O)(O)O.Oc1cccc(C=Cc2ccccc2)c1C=Cc1ccccc1. The summed E-state index contributed by atoms with van der Waals surface area (Å²) in [7, 11) is -4.64. The molecule has 0 saturated heterocycles. The Morgan fingerprint density at radius 1 is 0.607 bits per heavy atom. The molecule has 4 N–H and O–H groups in total. The van der Waals surface area contributed by atoms with E-state index in [4.69, 9.17) is 19.2 Å². The summed E-state index contributed by atoms with van der Waals surface area (Å²) < 4.78 is 8.88. The second kappa shape index (κ2) is 10.4. The van der Waals surface area contributed by atoms with Crippen LogP contribution in [0.1, 0.15) is 22.3 Å². The first-order chi connectivity index (χ1) is 13.3. The van der Waals surface area contributed by atoms with Gasteiger partial charge in [-0.15, -0.1) is 0 Å². The van der Waals surface area contributed by atoms with Gasteiger partial charge >= 0.3 is 7.82 Å². The van der Waals surface area contributed by atoms with Crippen molar-refractivity contribution in [1.82, 2.24) is 0 Å². The van der Waals surface area contributed by atoms with E-state index in [1.54, 1.807) is 6.07 Å². The lowest BCUT2D eigenvalue weighted by molar-refractivity contribution is 0.275. The molecule has 0 unspecified atom stereocenters. The molecule has 0 fully saturated rings. The molecule has 0 spiro atoms. The molecule has 0 saturated carbocycles. The molecule has 6 heteroatoms. The zero-order valence-corrected chi connectivity index (χ0v) is 15.9. The van der Waals surface area contributed by atoms with Gasteiger partial charge in [-0.1, -0.05) is 97.1 Å². The van der Waals surface area contributed by atoms with Crippen molar-refractivity contribution in [1.29, 1.82) is 0 Å². The van der Waals surface area contributed by atoms with Crippen molar-refractivity contribution in [2.24, 2.45) is 0 Å². The van der Waals surface area contributed by atoms with Gasteiger partial charge < -0.3 is 19.8 Å². The van der Waals surface area contributed by atoms with Crippen LogP contribution in [-0.4, -0.2) is 19.8 Å². The molecule has 0 aliphatic carbocycles. The summed E-state index contributed by atoms with van der Waals surface area (Å²) in [4.78, 5) is 21.6. The Kier molecular flexibility index (Phi) is 7.93. The lowest BCUT2D eigenvalue weighted by Gasteiger charge is -2.04. The van der Waals surface area contributed by atoms with Gasteiger partial charge in [-0.05, 0) is 22.8 Å². The molecule has 0 amide bonds. The molecule has 3 aromatic carbocycles. The van der Waals surface area contributed by atoms with Crippen LogP contribution in [-0.2, 0) is 4.57 Å². The number of benzene rings is 3. The van der Waals surface area contributed by atoms with Crippen LogP contribution in [0.5, 0.6) is 5.75 Å². The summed E-state index contributed by atoms with van der Waals surface area (Å²) in [5.74, 6) is 0.285. The molecule has 3 rings (SSSR count). The number of hydrogen-bond donors (Lipinski definition) is 4. The van der Waals surface area contributed by atoms with Gasteiger partial charge in [-0.3, -0.25) is 0 Å². The Hall–Kier alpha value is -2.95. The van der Waals surface area contributed by atoms with E-state index in [1.165, 1.54) is 0 Å². The first-order valence-electron chi connectivity index (χ1n) is 8.39. The van der Waals surface area contributed by atoms with Gasteiger partial charge in [0.25, 0.3) is 0 Å². The molecule has 3 aromatic rings. The molecular formula is C22H21O5P. The van der Waals surface area contributed by atoms with E-state index in [-0.39, 0.29) is 5.75 Å². The monoisotopic (exact) mass is 396 g/mol. The molecule has 0 atom stereocenters. The Morgan fingerprint density at radius 2 is 1.07 bits per heavy atom. The summed E-state index contributed by atoms with van der Waals surface area (Å²) in [6, 6.07) is 25.8. The number of phenolic OH excluding ortho intramolecular Hbond substituents is 1. The molecule has 0 aromatic heterocycles. The minimum Gasteiger partial charge on any atom is -0.507 e. The van der Waals surface area contributed by atoms with Crippen molar-refractivity contribution in [2.75, 3.05) is 0 Å². The highest BCUT2D eigenvalue weighted by Gasteiger charge is 2.02. The quantitative estimate of drug-likeness (QED) is 0.375. The summed E-state index contributed by atoms with van der Waals surface area (Å²) in [6.45, 7) is 0. The minimum atomic E-state index is -4.64. The Labute approximate surface area is 163 Å². The zero-order valence-electron chi connectivity index (χ0n) is 15.0. The van der Waals surface area contributed by atoms with Gasteiger partial charge in [0.15, 0.2) is 0 Å². The molecule has 0 aliphatic rings. The van der Waals surface area contributed by atoms with Crippen molar-refractivity contribution < 1.29 is 24.4 Å². The van der Waals surface area contributed by atoms with Crippen LogP contribution in [0.25, 0.3) is 24.3 Å². The maximum Gasteiger partial charge on any atom is 0.466 e. The highest BCUT2D eigenvalue weighted by molar-refractivity contribution is 7.45. The molecule has 0 radical (unpaired) electrons. The predicted octanol–water partition coefficient (Wildman–Crippen LogP) is 4.80. The van der Waals surface area contributed by atoms with Crippen LogP contribution in [0.15, 0.2) is 78.9 Å². The number of aromatic hydroxyl groups is 1. The molecular weight excluding hydrogens is 375 g/mol. The van der Waals surface area contributed by atoms with Crippen LogP contribution in [0.2, 0.25) is 0 Å². The first kappa shape index (κ1) is 21.4. The highest BCUT2D eigenvalue weighted by atomic mass is 31.2. The second-order valence-corrected chi connectivity index (χ2v) is 6.81. The van der Waals surface area contributed by atoms with E-state index in [0.29, 0.717) is 0 Å². The van der Waals surface area contributed by atoms with Gasteiger partial charge in [0.1, 0.15) is 5.75 Å². The van der Waals surface area contributed by atoms with Gasteiger partial charge in [0.05, 0.1) is 0 Å². The fraction of sp³-hybridized carbons (Fsp3) is 0. The molecule has 0 bridgehead atoms. The standard InChI is InChI=1S/C22H18O.H3O4P/c23-22-13-7-12-20(16-14-18-8-3-1-4-9-18)21(22)17-15-19-10-5-2-6-11-19;1-5(2,3)4/h1-17,23H;(H3,1,2,3,4). The van der Waals surface area contributed by atoms with Gasteiger partial charge in [-0.2, -0.15) is 0 Å². The Morgan fingerprint density at radius 3 is 1.57 bits per heavy atom. The lowest BCUT2D eigenvalue weighted by atomic mass is 10.0. The molecule has 144 valence electrons. The summed E-state index contributed by atoms with van der Waals surface area (Å²) in [5, 5.41) is 10.2. The largest absolute Gasteiger partial charge is 0.507 e. The van der Waals surface area contributed by atoms with E-state index < -0.39 is 7.82 Å². The fourth-order valence-electron chi connectivity index (χ4n) is 2.39.